The molecule has 0 amide bonds. The van der Waals surface area contributed by atoms with E-state index in [0.717, 1.165) is 0 Å². The number of hydrogen-bond acceptors (Lipinski definition) is 4. The van der Waals surface area contributed by atoms with Gasteiger partial charge in [-0.15, -0.1) is 0 Å². The topological polar surface area (TPSA) is 69.9 Å². The summed E-state index contributed by atoms with van der Waals surface area (Å²) in [5.41, 5.74) is 0.248. The SMILES string of the molecule is CC(C)(CCO)[C@@H](O)c1ccccc1OCCO. The van der Waals surface area contributed by atoms with Crippen molar-refractivity contribution in [3.8, 4) is 5.75 Å². The fourth-order valence-corrected chi connectivity index (χ4v) is 1.84. The molecule has 0 bridgehead atoms. The maximum atomic E-state index is 10.4. The standard InChI is InChI=1S/C14H22O4/c1-14(2,7-8-15)13(17)11-5-3-4-6-12(11)18-10-9-16/h3-6,13,15-17H,7-10H2,1-2H3/t13-/m0/s1. The number of ether oxygens (including phenoxy) is 1. The summed E-state index contributed by atoms with van der Waals surface area (Å²) in [5.74, 6) is 0.574. The monoisotopic (exact) mass is 254 g/mol. The van der Waals surface area contributed by atoms with Crippen molar-refractivity contribution >= 4 is 0 Å². The molecular formula is C14H22O4. The van der Waals surface area contributed by atoms with Crippen LogP contribution in [0.4, 0.5) is 0 Å². The molecule has 0 aliphatic heterocycles. The highest BCUT2D eigenvalue weighted by atomic mass is 16.5. The number of aliphatic hydroxyl groups is 3. The average molecular weight is 254 g/mol. The molecule has 102 valence electrons. The van der Waals surface area contributed by atoms with Crippen molar-refractivity contribution in [1.82, 2.24) is 0 Å². The lowest BCUT2D eigenvalue weighted by atomic mass is 9.80. The summed E-state index contributed by atoms with van der Waals surface area (Å²) < 4.78 is 5.41. The lowest BCUT2D eigenvalue weighted by molar-refractivity contribution is 0.0280. The Balaban J connectivity index is 2.93. The van der Waals surface area contributed by atoms with Gasteiger partial charge < -0.3 is 20.1 Å². The molecule has 18 heavy (non-hydrogen) atoms. The van der Waals surface area contributed by atoms with E-state index in [2.05, 4.69) is 0 Å². The maximum Gasteiger partial charge on any atom is 0.125 e. The van der Waals surface area contributed by atoms with E-state index in [1.807, 2.05) is 26.0 Å². The molecule has 0 spiro atoms. The minimum absolute atomic E-state index is 0.0315. The van der Waals surface area contributed by atoms with Gasteiger partial charge in [0.25, 0.3) is 0 Å². The van der Waals surface area contributed by atoms with E-state index < -0.39 is 11.5 Å². The summed E-state index contributed by atoms with van der Waals surface area (Å²) in [7, 11) is 0. The Labute approximate surface area is 108 Å². The smallest absolute Gasteiger partial charge is 0.125 e. The van der Waals surface area contributed by atoms with Gasteiger partial charge >= 0.3 is 0 Å². The summed E-state index contributed by atoms with van der Waals surface area (Å²) >= 11 is 0. The molecule has 0 heterocycles. The molecule has 0 aliphatic carbocycles. The predicted octanol–water partition coefficient (Wildman–Crippen LogP) is 1.50. The van der Waals surface area contributed by atoms with Gasteiger partial charge in [-0.1, -0.05) is 32.0 Å². The quantitative estimate of drug-likeness (QED) is 0.689. The van der Waals surface area contributed by atoms with Gasteiger partial charge in [0.2, 0.25) is 0 Å². The van der Waals surface area contributed by atoms with Crippen molar-refractivity contribution in [1.29, 1.82) is 0 Å². The predicted molar refractivity (Wildman–Crippen MR) is 69.5 cm³/mol. The highest BCUT2D eigenvalue weighted by molar-refractivity contribution is 5.36. The van der Waals surface area contributed by atoms with Crippen molar-refractivity contribution in [2.75, 3.05) is 19.8 Å². The van der Waals surface area contributed by atoms with Crippen LogP contribution in [0.15, 0.2) is 24.3 Å². The molecule has 1 aromatic carbocycles. The van der Waals surface area contributed by atoms with Crippen LogP contribution in [0.1, 0.15) is 31.9 Å². The fraction of sp³-hybridized carbons (Fsp3) is 0.571. The highest BCUT2D eigenvalue weighted by Gasteiger charge is 2.30. The largest absolute Gasteiger partial charge is 0.491 e. The third-order valence-electron chi connectivity index (χ3n) is 3.06. The van der Waals surface area contributed by atoms with Crippen LogP contribution in [0.5, 0.6) is 5.75 Å². The zero-order valence-electron chi connectivity index (χ0n) is 11.0. The van der Waals surface area contributed by atoms with Gasteiger partial charge in [0, 0.05) is 12.2 Å². The minimum atomic E-state index is -0.723. The van der Waals surface area contributed by atoms with Crippen LogP contribution in [0.2, 0.25) is 0 Å². The first kappa shape index (κ1) is 15.0. The molecule has 0 fully saturated rings. The molecule has 0 aliphatic rings. The second kappa shape index (κ2) is 6.73. The molecule has 1 atom stereocenters. The van der Waals surface area contributed by atoms with Gasteiger partial charge in [0.1, 0.15) is 12.4 Å². The third-order valence-corrected chi connectivity index (χ3v) is 3.06. The Bertz CT molecular complexity index is 363. The van der Waals surface area contributed by atoms with Gasteiger partial charge in [0.15, 0.2) is 0 Å². The van der Waals surface area contributed by atoms with E-state index in [-0.39, 0.29) is 19.8 Å². The Morgan fingerprint density at radius 3 is 2.44 bits per heavy atom. The summed E-state index contributed by atoms with van der Waals surface area (Å²) in [4.78, 5) is 0. The van der Waals surface area contributed by atoms with Crippen LogP contribution in [-0.4, -0.2) is 35.1 Å². The summed E-state index contributed by atoms with van der Waals surface area (Å²) in [6, 6.07) is 7.22. The first-order chi connectivity index (χ1) is 8.53. The molecule has 3 N–H and O–H groups in total. The van der Waals surface area contributed by atoms with Crippen LogP contribution in [0, 0.1) is 5.41 Å². The average Bonchev–Trinajstić information content (AvgIpc) is 2.35. The van der Waals surface area contributed by atoms with Crippen molar-refractivity contribution in [2.24, 2.45) is 5.41 Å². The van der Waals surface area contributed by atoms with Gasteiger partial charge in [-0.25, -0.2) is 0 Å². The lowest BCUT2D eigenvalue weighted by Crippen LogP contribution is -2.24. The molecule has 0 saturated carbocycles. The second-order valence-corrected chi connectivity index (χ2v) is 4.97. The maximum absolute atomic E-state index is 10.4. The number of benzene rings is 1. The molecule has 0 aromatic heterocycles. The fourth-order valence-electron chi connectivity index (χ4n) is 1.84. The first-order valence-electron chi connectivity index (χ1n) is 6.14. The summed E-state index contributed by atoms with van der Waals surface area (Å²) in [6.07, 6.45) is -0.220. The van der Waals surface area contributed by atoms with Crippen LogP contribution in [0.3, 0.4) is 0 Å². The molecule has 1 aromatic rings. The van der Waals surface area contributed by atoms with Crippen LogP contribution in [0.25, 0.3) is 0 Å². The normalized spacial score (nSPS) is 13.4. The Kier molecular flexibility index (Phi) is 5.59. The van der Waals surface area contributed by atoms with Gasteiger partial charge in [0.05, 0.1) is 12.7 Å². The first-order valence-corrected chi connectivity index (χ1v) is 6.14. The van der Waals surface area contributed by atoms with Crippen molar-refractivity contribution in [3.63, 3.8) is 0 Å². The highest BCUT2D eigenvalue weighted by Crippen LogP contribution is 2.39. The number of aliphatic hydroxyl groups excluding tert-OH is 3. The Hall–Kier alpha value is -1.10. The van der Waals surface area contributed by atoms with E-state index >= 15 is 0 Å². The molecule has 0 unspecified atom stereocenters. The Morgan fingerprint density at radius 1 is 1.17 bits per heavy atom. The van der Waals surface area contributed by atoms with Crippen molar-refractivity contribution in [2.45, 2.75) is 26.4 Å². The summed E-state index contributed by atoms with van der Waals surface area (Å²) in [5, 5.41) is 28.2. The van der Waals surface area contributed by atoms with E-state index in [1.54, 1.807) is 12.1 Å². The molecule has 0 radical (unpaired) electrons. The molecule has 4 nitrogen and oxygen atoms in total. The zero-order valence-corrected chi connectivity index (χ0v) is 11.0. The number of para-hydroxylation sites is 1. The minimum Gasteiger partial charge on any atom is -0.491 e. The summed E-state index contributed by atoms with van der Waals surface area (Å²) in [6.45, 7) is 3.96. The Morgan fingerprint density at radius 2 is 1.83 bits per heavy atom. The lowest BCUT2D eigenvalue weighted by Gasteiger charge is -2.31. The second-order valence-electron chi connectivity index (χ2n) is 4.97. The van der Waals surface area contributed by atoms with E-state index in [1.165, 1.54) is 0 Å². The zero-order chi connectivity index (χ0) is 13.6. The van der Waals surface area contributed by atoms with E-state index in [0.29, 0.717) is 17.7 Å². The van der Waals surface area contributed by atoms with Crippen molar-refractivity contribution < 1.29 is 20.1 Å². The molecular weight excluding hydrogens is 232 g/mol. The van der Waals surface area contributed by atoms with E-state index in [4.69, 9.17) is 14.9 Å². The van der Waals surface area contributed by atoms with Crippen LogP contribution < -0.4 is 4.74 Å². The van der Waals surface area contributed by atoms with Crippen LogP contribution >= 0.6 is 0 Å². The van der Waals surface area contributed by atoms with Crippen molar-refractivity contribution in [3.05, 3.63) is 29.8 Å². The van der Waals surface area contributed by atoms with Crippen LogP contribution in [-0.2, 0) is 0 Å². The molecule has 4 heteroatoms. The van der Waals surface area contributed by atoms with Gasteiger partial charge in [-0.05, 0) is 17.9 Å². The van der Waals surface area contributed by atoms with Gasteiger partial charge in [-0.3, -0.25) is 0 Å². The number of rotatable bonds is 7. The van der Waals surface area contributed by atoms with Gasteiger partial charge in [-0.2, -0.15) is 0 Å². The third kappa shape index (κ3) is 3.70. The van der Waals surface area contributed by atoms with E-state index in [9.17, 15) is 5.11 Å². The molecule has 0 saturated heterocycles. The molecule has 1 rings (SSSR count). The number of hydrogen-bond donors (Lipinski definition) is 3.